The third-order valence-corrected chi connectivity index (χ3v) is 6.05. The maximum atomic E-state index is 12.8. The Bertz CT molecular complexity index is 1450. The number of ether oxygens (including phenoxy) is 3. The predicted octanol–water partition coefficient (Wildman–Crippen LogP) is 6.57. The lowest BCUT2D eigenvalue weighted by Crippen LogP contribution is -2.11. The van der Waals surface area contributed by atoms with E-state index in [4.69, 9.17) is 18.6 Å². The number of carbonyl (C=O) groups excluding carboxylic acids is 1. The highest BCUT2D eigenvalue weighted by Gasteiger charge is 2.21. The average molecular weight is 487 g/mol. The Labute approximate surface area is 210 Å². The van der Waals surface area contributed by atoms with Crippen LogP contribution in [0, 0.1) is 13.8 Å². The van der Waals surface area contributed by atoms with Crippen LogP contribution in [0.2, 0.25) is 0 Å². The second kappa shape index (κ2) is 10.6. The molecule has 0 aliphatic rings. The quantitative estimate of drug-likeness (QED) is 0.284. The molecule has 0 saturated heterocycles. The van der Waals surface area contributed by atoms with Crippen molar-refractivity contribution in [3.8, 4) is 28.4 Å². The molecule has 36 heavy (non-hydrogen) atoms. The van der Waals surface area contributed by atoms with Crippen molar-refractivity contribution in [2.75, 3.05) is 26.1 Å². The van der Waals surface area contributed by atoms with Crippen LogP contribution in [-0.4, -0.2) is 31.7 Å². The van der Waals surface area contributed by atoms with E-state index in [1.54, 1.807) is 32.8 Å². The zero-order valence-corrected chi connectivity index (χ0v) is 21.4. The smallest absolute Gasteiger partial charge is 0.249 e. The lowest BCUT2D eigenvalue weighted by atomic mass is 9.96. The fraction of sp³-hybridized carbons (Fsp3) is 0.241. The van der Waals surface area contributed by atoms with Gasteiger partial charge >= 0.3 is 0 Å². The number of methoxy groups -OCH3 is 2. The largest absolute Gasteiger partial charge is 0.497 e. The molecule has 0 radical (unpaired) electrons. The topological polar surface area (TPSA) is 82.8 Å². The van der Waals surface area contributed by atoms with Gasteiger partial charge in [0.05, 0.1) is 27.1 Å². The molecule has 4 aromatic rings. The molecule has 0 bridgehead atoms. The van der Waals surface area contributed by atoms with E-state index in [1.807, 2.05) is 64.1 Å². The van der Waals surface area contributed by atoms with Crippen LogP contribution < -0.4 is 19.5 Å². The van der Waals surface area contributed by atoms with Gasteiger partial charge in [-0.05, 0) is 69.2 Å². The Morgan fingerprint density at radius 2 is 1.92 bits per heavy atom. The number of hydrogen-bond donors (Lipinski definition) is 1. The molecule has 0 fully saturated rings. The highest BCUT2D eigenvalue weighted by molar-refractivity contribution is 6.06. The third-order valence-electron chi connectivity index (χ3n) is 6.05. The molecule has 0 atom stereocenters. The van der Waals surface area contributed by atoms with E-state index in [0.717, 1.165) is 38.8 Å². The summed E-state index contributed by atoms with van der Waals surface area (Å²) in [7, 11) is 3.26. The van der Waals surface area contributed by atoms with Crippen molar-refractivity contribution >= 4 is 28.3 Å². The summed E-state index contributed by atoms with van der Waals surface area (Å²) >= 11 is 0. The summed E-state index contributed by atoms with van der Waals surface area (Å²) in [4.78, 5) is 17.1. The minimum atomic E-state index is -0.267. The molecule has 2 heterocycles. The third kappa shape index (κ3) is 4.77. The Morgan fingerprint density at radius 3 is 2.61 bits per heavy atom. The van der Waals surface area contributed by atoms with E-state index in [-0.39, 0.29) is 5.91 Å². The van der Waals surface area contributed by atoms with E-state index in [1.165, 1.54) is 0 Å². The van der Waals surface area contributed by atoms with Gasteiger partial charge in [0, 0.05) is 39.9 Å². The first-order chi connectivity index (χ1) is 17.4. The summed E-state index contributed by atoms with van der Waals surface area (Å²) in [5.41, 5.74) is 5.71. The van der Waals surface area contributed by atoms with Crippen LogP contribution in [0.4, 0.5) is 5.82 Å². The summed E-state index contributed by atoms with van der Waals surface area (Å²) in [5.74, 6) is 2.35. The number of nitrogens with one attached hydrogen (secondary N) is 1. The minimum Gasteiger partial charge on any atom is -0.497 e. The number of hydrogen-bond acceptors (Lipinski definition) is 6. The van der Waals surface area contributed by atoms with Gasteiger partial charge < -0.3 is 23.9 Å². The van der Waals surface area contributed by atoms with E-state index in [2.05, 4.69) is 10.3 Å². The fourth-order valence-corrected chi connectivity index (χ4v) is 4.22. The van der Waals surface area contributed by atoms with Gasteiger partial charge in [-0.3, -0.25) is 4.79 Å². The molecule has 2 aromatic heterocycles. The Balaban J connectivity index is 1.84. The molecule has 4 rings (SSSR count). The zero-order chi connectivity index (χ0) is 25.8. The van der Waals surface area contributed by atoms with Crippen LogP contribution in [0.15, 0.2) is 59.4 Å². The number of aryl methyl sites for hydroxylation is 2. The molecule has 7 heteroatoms. The van der Waals surface area contributed by atoms with Gasteiger partial charge in [-0.2, -0.15) is 0 Å². The number of benzene rings is 2. The molecule has 1 amide bonds. The molecule has 0 aliphatic heterocycles. The van der Waals surface area contributed by atoms with Crippen LogP contribution in [0.5, 0.6) is 17.2 Å². The molecule has 0 unspecified atom stereocenters. The van der Waals surface area contributed by atoms with E-state index in [0.29, 0.717) is 35.3 Å². The first kappa shape index (κ1) is 24.9. The van der Waals surface area contributed by atoms with Gasteiger partial charge in [0.1, 0.15) is 28.6 Å². The molecule has 0 saturated carbocycles. The molecule has 0 spiro atoms. The van der Waals surface area contributed by atoms with Gasteiger partial charge in [-0.15, -0.1) is 0 Å². The standard InChI is InChI=1S/C29H30N2O5/c1-7-35-27-19(4)28-23(24(16-36-28)22-14-20(33-5)10-11-25(22)34-6)15-21(27)18(3)13-26(32)31-29-17(2)9-8-12-30-29/h8-16H,7H2,1-6H3,(H,30,31,32)/b18-13+. The SMILES string of the molecule is CCOc1c(/C(C)=C/C(=O)Nc2ncccc2C)cc2c(-c3cc(OC)ccc3OC)coc2c1C. The summed E-state index contributed by atoms with van der Waals surface area (Å²) in [5, 5.41) is 3.74. The summed E-state index contributed by atoms with van der Waals surface area (Å²) < 4.78 is 23.1. The number of nitrogens with zero attached hydrogens (tertiary/aromatic N) is 1. The molecule has 2 aromatic carbocycles. The van der Waals surface area contributed by atoms with Crippen molar-refractivity contribution < 1.29 is 23.4 Å². The number of rotatable bonds is 8. The normalized spacial score (nSPS) is 11.4. The number of carbonyl (C=O) groups is 1. The number of allylic oxidation sites excluding steroid dienone is 1. The Kier molecular flexibility index (Phi) is 7.29. The highest BCUT2D eigenvalue weighted by Crippen LogP contribution is 2.43. The molecule has 0 aliphatic carbocycles. The fourth-order valence-electron chi connectivity index (χ4n) is 4.22. The molecular formula is C29H30N2O5. The first-order valence-corrected chi connectivity index (χ1v) is 11.7. The Morgan fingerprint density at radius 1 is 1.11 bits per heavy atom. The lowest BCUT2D eigenvalue weighted by molar-refractivity contribution is -0.111. The van der Waals surface area contributed by atoms with Crippen LogP contribution in [-0.2, 0) is 4.79 Å². The lowest BCUT2D eigenvalue weighted by Gasteiger charge is -2.15. The first-order valence-electron chi connectivity index (χ1n) is 11.7. The number of furan rings is 1. The van der Waals surface area contributed by atoms with Crippen molar-refractivity contribution in [2.45, 2.75) is 27.7 Å². The summed E-state index contributed by atoms with van der Waals surface area (Å²) in [6, 6.07) is 11.4. The van der Waals surface area contributed by atoms with Crippen LogP contribution in [0.3, 0.4) is 0 Å². The second-order valence-corrected chi connectivity index (χ2v) is 8.39. The minimum absolute atomic E-state index is 0.267. The van der Waals surface area contributed by atoms with Crippen LogP contribution >= 0.6 is 0 Å². The zero-order valence-electron chi connectivity index (χ0n) is 21.4. The molecule has 7 nitrogen and oxygen atoms in total. The van der Waals surface area contributed by atoms with Gasteiger partial charge in [-0.25, -0.2) is 4.98 Å². The highest BCUT2D eigenvalue weighted by atomic mass is 16.5. The maximum absolute atomic E-state index is 12.8. The monoisotopic (exact) mass is 486 g/mol. The summed E-state index contributed by atoms with van der Waals surface area (Å²) in [6.07, 6.45) is 4.92. The maximum Gasteiger partial charge on any atom is 0.249 e. The van der Waals surface area contributed by atoms with E-state index in [9.17, 15) is 4.79 Å². The van der Waals surface area contributed by atoms with Crippen molar-refractivity contribution in [1.82, 2.24) is 4.98 Å². The van der Waals surface area contributed by atoms with Crippen molar-refractivity contribution in [2.24, 2.45) is 0 Å². The van der Waals surface area contributed by atoms with Crippen molar-refractivity contribution in [1.29, 1.82) is 0 Å². The molecule has 1 N–H and O–H groups in total. The molecule has 186 valence electrons. The molecular weight excluding hydrogens is 456 g/mol. The van der Waals surface area contributed by atoms with Gasteiger partial charge in [-0.1, -0.05) is 6.07 Å². The van der Waals surface area contributed by atoms with Gasteiger partial charge in [0.15, 0.2) is 0 Å². The number of anilines is 1. The van der Waals surface area contributed by atoms with Gasteiger partial charge in [0.25, 0.3) is 0 Å². The predicted molar refractivity (Wildman–Crippen MR) is 142 cm³/mol. The van der Waals surface area contributed by atoms with Crippen LogP contribution in [0.25, 0.3) is 27.7 Å². The summed E-state index contributed by atoms with van der Waals surface area (Å²) in [6.45, 7) is 8.15. The van der Waals surface area contributed by atoms with E-state index >= 15 is 0 Å². The Hall–Kier alpha value is -4.26. The van der Waals surface area contributed by atoms with Crippen molar-refractivity contribution in [3.05, 3.63) is 71.6 Å². The second-order valence-electron chi connectivity index (χ2n) is 8.39. The van der Waals surface area contributed by atoms with Crippen molar-refractivity contribution in [3.63, 3.8) is 0 Å². The number of fused-ring (bicyclic) bond motifs is 1. The van der Waals surface area contributed by atoms with E-state index < -0.39 is 0 Å². The van der Waals surface area contributed by atoms with Crippen LogP contribution in [0.1, 0.15) is 30.5 Å². The number of amides is 1. The number of pyridine rings is 1. The number of aromatic nitrogens is 1. The van der Waals surface area contributed by atoms with Gasteiger partial charge in [0.2, 0.25) is 5.91 Å². The average Bonchev–Trinajstić information content (AvgIpc) is 3.30.